The highest BCUT2D eigenvalue weighted by molar-refractivity contribution is 9.10. The summed E-state index contributed by atoms with van der Waals surface area (Å²) in [5.74, 6) is -1.52. The molecule has 0 saturated carbocycles. The standard InChI is InChI=1S/C28H28BrClFN5O7/c1-15(2)14-42-28(40)43-23-8-16(29)12-35(26(23)38)18-5-6-21(20(31)9-18)33-25(37)22-10-19(41-3)13-36(22)27(39)34-24-7-4-17(30)11-32-24/h4-9,11-12,15,19,22H,10,13-14H2,1-3H3,(H,33,37)(H,32,34,39)/t19-,22-/m1/s1. The Morgan fingerprint density at radius 1 is 1.19 bits per heavy atom. The van der Waals surface area contributed by atoms with E-state index in [-0.39, 0.29) is 48.4 Å². The number of rotatable bonds is 8. The first-order valence-electron chi connectivity index (χ1n) is 13.0. The summed E-state index contributed by atoms with van der Waals surface area (Å²) in [5.41, 5.74) is -0.820. The van der Waals surface area contributed by atoms with Gasteiger partial charge in [0.2, 0.25) is 11.7 Å². The lowest BCUT2D eigenvalue weighted by Crippen LogP contribution is -2.45. The summed E-state index contributed by atoms with van der Waals surface area (Å²) in [6.45, 7) is 3.92. The molecule has 2 aromatic heterocycles. The maximum absolute atomic E-state index is 15.2. The van der Waals surface area contributed by atoms with Crippen molar-refractivity contribution >= 4 is 57.1 Å². The minimum Gasteiger partial charge on any atom is -0.434 e. The van der Waals surface area contributed by atoms with E-state index < -0.39 is 41.6 Å². The van der Waals surface area contributed by atoms with Crippen molar-refractivity contribution in [3.63, 3.8) is 0 Å². The van der Waals surface area contributed by atoms with Crippen molar-refractivity contribution in [2.45, 2.75) is 32.4 Å². The molecule has 2 N–H and O–H groups in total. The number of nitrogens with one attached hydrogen (secondary N) is 2. The van der Waals surface area contributed by atoms with E-state index in [1.54, 1.807) is 6.07 Å². The first-order valence-corrected chi connectivity index (χ1v) is 14.2. The maximum atomic E-state index is 15.2. The van der Waals surface area contributed by atoms with Crippen LogP contribution in [0.5, 0.6) is 5.75 Å². The van der Waals surface area contributed by atoms with E-state index in [4.69, 9.17) is 25.8 Å². The maximum Gasteiger partial charge on any atom is 0.514 e. The molecule has 0 bridgehead atoms. The summed E-state index contributed by atoms with van der Waals surface area (Å²) in [6.07, 6.45) is 1.45. The van der Waals surface area contributed by atoms with E-state index in [1.807, 2.05) is 13.8 Å². The zero-order valence-electron chi connectivity index (χ0n) is 23.3. The Bertz CT molecular complexity index is 1570. The van der Waals surface area contributed by atoms with Crippen LogP contribution in [-0.2, 0) is 14.3 Å². The molecule has 1 fully saturated rings. The molecule has 4 rings (SSSR count). The van der Waals surface area contributed by atoms with Gasteiger partial charge in [-0.2, -0.15) is 0 Å². The third kappa shape index (κ3) is 8.09. The molecular formula is C28H28BrClFN5O7. The fourth-order valence-corrected chi connectivity index (χ4v) is 4.71. The Balaban J connectivity index is 1.50. The number of carbonyl (C=O) groups is 3. The van der Waals surface area contributed by atoms with Gasteiger partial charge in [0.15, 0.2) is 0 Å². The number of halogens is 3. The quantitative estimate of drug-likeness (QED) is 0.309. The zero-order valence-corrected chi connectivity index (χ0v) is 25.6. The van der Waals surface area contributed by atoms with Gasteiger partial charge in [0.25, 0.3) is 5.56 Å². The summed E-state index contributed by atoms with van der Waals surface area (Å²) in [4.78, 5) is 56.5. The Kier molecular flexibility index (Phi) is 10.4. The number of likely N-dealkylation sites (tertiary alicyclic amines) is 1. The van der Waals surface area contributed by atoms with Gasteiger partial charge in [-0.3, -0.25) is 19.5 Å². The highest BCUT2D eigenvalue weighted by Crippen LogP contribution is 2.25. The van der Waals surface area contributed by atoms with Crippen LogP contribution < -0.4 is 20.9 Å². The van der Waals surface area contributed by atoms with E-state index >= 15 is 4.39 Å². The van der Waals surface area contributed by atoms with Gasteiger partial charge in [-0.25, -0.2) is 19.0 Å². The molecule has 1 saturated heterocycles. The van der Waals surface area contributed by atoms with Crippen molar-refractivity contribution in [2.75, 3.05) is 30.9 Å². The number of ether oxygens (including phenoxy) is 3. The number of urea groups is 1. The Morgan fingerprint density at radius 3 is 2.60 bits per heavy atom. The van der Waals surface area contributed by atoms with Gasteiger partial charge < -0.3 is 24.4 Å². The van der Waals surface area contributed by atoms with E-state index in [1.165, 1.54) is 48.7 Å². The molecule has 2 atom stereocenters. The molecule has 0 radical (unpaired) electrons. The smallest absolute Gasteiger partial charge is 0.434 e. The second-order valence-corrected chi connectivity index (χ2v) is 11.3. The Hall–Kier alpha value is -4.01. The monoisotopic (exact) mass is 679 g/mol. The summed E-state index contributed by atoms with van der Waals surface area (Å²) in [5, 5.41) is 5.52. The number of pyridine rings is 2. The number of hydrogen-bond acceptors (Lipinski definition) is 8. The molecule has 0 aliphatic carbocycles. The predicted molar refractivity (Wildman–Crippen MR) is 159 cm³/mol. The molecule has 3 aromatic rings. The summed E-state index contributed by atoms with van der Waals surface area (Å²) >= 11 is 9.10. The molecule has 228 valence electrons. The number of anilines is 2. The average Bonchev–Trinajstić information content (AvgIpc) is 3.41. The minimum atomic E-state index is -1.05. The lowest BCUT2D eigenvalue weighted by Gasteiger charge is -2.24. The van der Waals surface area contributed by atoms with Crippen LogP contribution >= 0.6 is 27.5 Å². The molecule has 43 heavy (non-hydrogen) atoms. The topological polar surface area (TPSA) is 141 Å². The largest absolute Gasteiger partial charge is 0.514 e. The van der Waals surface area contributed by atoms with Gasteiger partial charge >= 0.3 is 12.2 Å². The van der Waals surface area contributed by atoms with Crippen LogP contribution in [0.1, 0.15) is 20.3 Å². The molecule has 0 unspecified atom stereocenters. The van der Waals surface area contributed by atoms with Crippen LogP contribution in [-0.4, -0.2) is 65.0 Å². The number of methoxy groups -OCH3 is 1. The van der Waals surface area contributed by atoms with Crippen LogP contribution in [0.3, 0.4) is 0 Å². The van der Waals surface area contributed by atoms with Crippen LogP contribution in [0.25, 0.3) is 5.69 Å². The highest BCUT2D eigenvalue weighted by atomic mass is 79.9. The predicted octanol–water partition coefficient (Wildman–Crippen LogP) is 5.22. The van der Waals surface area contributed by atoms with Crippen LogP contribution in [0, 0.1) is 11.7 Å². The third-order valence-electron chi connectivity index (χ3n) is 6.29. The average molecular weight is 681 g/mol. The number of hydrogen-bond donors (Lipinski definition) is 2. The van der Waals surface area contributed by atoms with E-state index in [0.29, 0.717) is 9.50 Å². The number of amides is 3. The molecule has 1 aliphatic rings. The van der Waals surface area contributed by atoms with E-state index in [0.717, 1.165) is 10.6 Å². The van der Waals surface area contributed by atoms with Gasteiger partial charge in [0.05, 0.1) is 29.1 Å². The lowest BCUT2D eigenvalue weighted by atomic mass is 10.1. The molecule has 12 nitrogen and oxygen atoms in total. The normalized spacial score (nSPS) is 16.2. The first-order chi connectivity index (χ1) is 20.4. The van der Waals surface area contributed by atoms with Crippen LogP contribution in [0.4, 0.5) is 25.5 Å². The van der Waals surface area contributed by atoms with Crippen molar-refractivity contribution in [3.8, 4) is 11.4 Å². The summed E-state index contributed by atoms with van der Waals surface area (Å²) < 4.78 is 32.1. The van der Waals surface area contributed by atoms with E-state index in [2.05, 4.69) is 31.5 Å². The van der Waals surface area contributed by atoms with Crippen molar-refractivity contribution in [1.82, 2.24) is 14.5 Å². The molecule has 1 aromatic carbocycles. The van der Waals surface area contributed by atoms with Crippen LogP contribution in [0.15, 0.2) is 58.1 Å². The lowest BCUT2D eigenvalue weighted by molar-refractivity contribution is -0.119. The van der Waals surface area contributed by atoms with Gasteiger partial charge in [0, 0.05) is 49.1 Å². The van der Waals surface area contributed by atoms with Gasteiger partial charge in [-0.1, -0.05) is 25.4 Å². The van der Waals surface area contributed by atoms with Crippen molar-refractivity contribution in [2.24, 2.45) is 5.92 Å². The van der Waals surface area contributed by atoms with Crippen molar-refractivity contribution in [3.05, 3.63) is 74.5 Å². The Morgan fingerprint density at radius 2 is 1.95 bits per heavy atom. The van der Waals surface area contributed by atoms with Gasteiger partial charge in [-0.05, 0) is 46.1 Å². The van der Waals surface area contributed by atoms with Crippen molar-refractivity contribution in [1.29, 1.82) is 0 Å². The number of benzene rings is 1. The molecule has 1 aliphatic heterocycles. The second kappa shape index (κ2) is 14.0. The van der Waals surface area contributed by atoms with Gasteiger partial charge in [0.1, 0.15) is 17.7 Å². The second-order valence-electron chi connectivity index (χ2n) is 9.96. The fourth-order valence-electron chi connectivity index (χ4n) is 4.19. The highest BCUT2D eigenvalue weighted by Gasteiger charge is 2.40. The van der Waals surface area contributed by atoms with Gasteiger partial charge in [-0.15, -0.1) is 0 Å². The third-order valence-corrected chi connectivity index (χ3v) is 6.95. The number of carbonyl (C=O) groups excluding carboxylic acids is 3. The van der Waals surface area contributed by atoms with Crippen LogP contribution in [0.2, 0.25) is 5.02 Å². The number of nitrogens with zero attached hydrogens (tertiary/aromatic N) is 3. The molecule has 0 spiro atoms. The summed E-state index contributed by atoms with van der Waals surface area (Å²) in [6, 6.07) is 6.51. The SMILES string of the molecule is CO[C@@H]1C[C@H](C(=O)Nc2ccc(-n3cc(Br)cc(OC(=O)OCC(C)C)c3=O)cc2F)N(C(=O)Nc2ccc(Cl)cn2)C1. The first kappa shape index (κ1) is 31.9. The molecular weight excluding hydrogens is 653 g/mol. The molecule has 3 amide bonds. The summed E-state index contributed by atoms with van der Waals surface area (Å²) in [7, 11) is 1.47. The Labute approximate surface area is 259 Å². The molecule has 3 heterocycles. The fraction of sp³-hybridized carbons (Fsp3) is 0.321. The van der Waals surface area contributed by atoms with Crippen molar-refractivity contribution < 1.29 is 33.0 Å². The zero-order chi connectivity index (χ0) is 31.3. The molecule has 15 heteroatoms. The number of aromatic nitrogens is 2. The minimum absolute atomic E-state index is 0.0654. The van der Waals surface area contributed by atoms with E-state index in [9.17, 15) is 19.2 Å².